The molecule has 4 aromatic carbocycles. The van der Waals surface area contributed by atoms with Gasteiger partial charge in [0.05, 0.1) is 9.79 Å². The Morgan fingerprint density at radius 3 is 2.17 bits per heavy atom. The first-order valence-corrected chi connectivity index (χ1v) is 11.4. The molecular formula is C24H13BrO3S. The van der Waals surface area contributed by atoms with Crippen molar-refractivity contribution in [3.8, 4) is 22.3 Å². The highest BCUT2D eigenvalue weighted by Crippen LogP contribution is 2.45. The van der Waals surface area contributed by atoms with Crippen LogP contribution in [-0.2, 0) is 9.84 Å². The van der Waals surface area contributed by atoms with Gasteiger partial charge in [-0.1, -0.05) is 58.4 Å². The number of benzene rings is 4. The van der Waals surface area contributed by atoms with Crippen LogP contribution in [-0.4, -0.2) is 8.42 Å². The minimum absolute atomic E-state index is 0.353. The standard InChI is InChI=1S/C24H13BrO3S/c25-16-7-10-20-19-9-6-15(12-23(19)29(26,27)24(20)13-16)14-5-8-18-17-3-1-2-4-21(17)28-22(18)11-14/h1-13H. The van der Waals surface area contributed by atoms with Crippen LogP contribution in [0, 0.1) is 0 Å². The van der Waals surface area contributed by atoms with E-state index in [1.54, 1.807) is 12.1 Å². The molecule has 0 radical (unpaired) electrons. The van der Waals surface area contributed by atoms with Crippen LogP contribution in [0.15, 0.2) is 97.5 Å². The van der Waals surface area contributed by atoms with E-state index in [1.165, 1.54) is 0 Å². The largest absolute Gasteiger partial charge is 0.456 e. The second-order valence-corrected chi connectivity index (χ2v) is 9.97. The number of para-hydroxylation sites is 1. The minimum atomic E-state index is -3.53. The average molecular weight is 461 g/mol. The highest BCUT2D eigenvalue weighted by atomic mass is 79.9. The van der Waals surface area contributed by atoms with Crippen molar-refractivity contribution in [1.29, 1.82) is 0 Å². The molecular weight excluding hydrogens is 448 g/mol. The monoisotopic (exact) mass is 460 g/mol. The van der Waals surface area contributed by atoms with E-state index in [4.69, 9.17) is 4.42 Å². The Labute approximate surface area is 175 Å². The molecule has 0 atom stereocenters. The van der Waals surface area contributed by atoms with Crippen molar-refractivity contribution in [2.24, 2.45) is 0 Å². The quantitative estimate of drug-likeness (QED) is 0.270. The molecule has 0 N–H and O–H groups in total. The van der Waals surface area contributed by atoms with Gasteiger partial charge in [0.2, 0.25) is 9.84 Å². The van der Waals surface area contributed by atoms with Gasteiger partial charge in [0.25, 0.3) is 0 Å². The van der Waals surface area contributed by atoms with Crippen molar-refractivity contribution in [2.45, 2.75) is 9.79 Å². The molecule has 1 aromatic heterocycles. The zero-order valence-electron chi connectivity index (χ0n) is 15.0. The summed E-state index contributed by atoms with van der Waals surface area (Å²) in [4.78, 5) is 0.708. The Bertz CT molecular complexity index is 1580. The van der Waals surface area contributed by atoms with Gasteiger partial charge in [-0.3, -0.25) is 0 Å². The Balaban J connectivity index is 1.54. The van der Waals surface area contributed by atoms with E-state index >= 15 is 0 Å². The van der Waals surface area contributed by atoms with Gasteiger partial charge in [-0.15, -0.1) is 0 Å². The van der Waals surface area contributed by atoms with E-state index < -0.39 is 9.84 Å². The molecule has 6 rings (SSSR count). The second kappa shape index (κ2) is 5.81. The van der Waals surface area contributed by atoms with E-state index in [-0.39, 0.29) is 0 Å². The first-order chi connectivity index (χ1) is 14.0. The van der Waals surface area contributed by atoms with Gasteiger partial charge in [0.1, 0.15) is 11.2 Å². The number of fused-ring (bicyclic) bond motifs is 6. The molecule has 5 aromatic rings. The number of hydrogen-bond donors (Lipinski definition) is 0. The van der Waals surface area contributed by atoms with E-state index in [2.05, 4.69) is 15.9 Å². The molecule has 0 fully saturated rings. The fourth-order valence-corrected chi connectivity index (χ4v) is 6.36. The zero-order chi connectivity index (χ0) is 19.8. The van der Waals surface area contributed by atoms with Gasteiger partial charge >= 0.3 is 0 Å². The predicted octanol–water partition coefficient (Wildman–Crippen LogP) is 6.83. The Morgan fingerprint density at radius 2 is 1.31 bits per heavy atom. The van der Waals surface area contributed by atoms with Crippen molar-refractivity contribution in [3.63, 3.8) is 0 Å². The van der Waals surface area contributed by atoms with E-state index in [1.807, 2.05) is 66.7 Å². The third kappa shape index (κ3) is 2.38. The summed E-state index contributed by atoms with van der Waals surface area (Å²) in [5.41, 5.74) is 4.91. The van der Waals surface area contributed by atoms with E-state index in [9.17, 15) is 8.42 Å². The Hall–Kier alpha value is -2.89. The molecule has 0 aliphatic carbocycles. The number of furan rings is 1. The molecule has 0 amide bonds. The van der Waals surface area contributed by atoms with Crippen molar-refractivity contribution < 1.29 is 12.8 Å². The smallest absolute Gasteiger partial charge is 0.207 e. The molecule has 140 valence electrons. The van der Waals surface area contributed by atoms with E-state index in [0.717, 1.165) is 48.7 Å². The summed E-state index contributed by atoms with van der Waals surface area (Å²) in [7, 11) is -3.53. The molecule has 0 spiro atoms. The fraction of sp³-hybridized carbons (Fsp3) is 0. The van der Waals surface area contributed by atoms with E-state index in [0.29, 0.717) is 9.79 Å². The lowest BCUT2D eigenvalue weighted by Crippen LogP contribution is -1.97. The van der Waals surface area contributed by atoms with Gasteiger partial charge in [-0.05, 0) is 47.5 Å². The molecule has 0 bridgehead atoms. The normalized spacial score (nSPS) is 14.2. The van der Waals surface area contributed by atoms with Crippen LogP contribution in [0.2, 0.25) is 0 Å². The fourth-order valence-electron chi connectivity index (χ4n) is 4.11. The van der Waals surface area contributed by atoms with Crippen molar-refractivity contribution in [3.05, 3.63) is 83.3 Å². The topological polar surface area (TPSA) is 47.3 Å². The lowest BCUT2D eigenvalue weighted by molar-refractivity contribution is 0.598. The second-order valence-electron chi connectivity index (χ2n) is 7.16. The summed E-state index contributed by atoms with van der Waals surface area (Å²) in [5.74, 6) is 0. The van der Waals surface area contributed by atoms with Crippen LogP contribution in [0.1, 0.15) is 0 Å². The van der Waals surface area contributed by atoms with Gasteiger partial charge in [0.15, 0.2) is 0 Å². The third-order valence-corrected chi connectivity index (χ3v) is 7.83. The van der Waals surface area contributed by atoms with Crippen molar-refractivity contribution in [2.75, 3.05) is 0 Å². The number of halogens is 1. The SMILES string of the molecule is O=S1(=O)c2cc(Br)ccc2-c2ccc(-c3ccc4c(c3)oc3ccccc34)cc21. The lowest BCUT2D eigenvalue weighted by Gasteiger charge is -2.05. The van der Waals surface area contributed by atoms with Crippen molar-refractivity contribution >= 4 is 47.7 Å². The Morgan fingerprint density at radius 1 is 0.655 bits per heavy atom. The molecule has 5 heteroatoms. The van der Waals surface area contributed by atoms with Gasteiger partial charge < -0.3 is 4.42 Å². The van der Waals surface area contributed by atoms with Crippen LogP contribution in [0.4, 0.5) is 0 Å². The van der Waals surface area contributed by atoms with Crippen LogP contribution >= 0.6 is 15.9 Å². The summed E-state index contributed by atoms with van der Waals surface area (Å²) in [6, 6.07) is 25.0. The molecule has 0 saturated carbocycles. The molecule has 29 heavy (non-hydrogen) atoms. The molecule has 0 unspecified atom stereocenters. The molecule has 1 aliphatic heterocycles. The summed E-state index contributed by atoms with van der Waals surface area (Å²) in [6.07, 6.45) is 0. The minimum Gasteiger partial charge on any atom is -0.456 e. The highest BCUT2D eigenvalue weighted by molar-refractivity contribution is 9.10. The average Bonchev–Trinajstić information content (AvgIpc) is 3.20. The summed E-state index contributed by atoms with van der Waals surface area (Å²) in [5, 5.41) is 2.13. The maximum absolute atomic E-state index is 13.1. The first-order valence-electron chi connectivity index (χ1n) is 9.13. The Kier molecular flexibility index (Phi) is 3.41. The molecule has 3 nitrogen and oxygen atoms in total. The number of rotatable bonds is 1. The maximum atomic E-state index is 13.1. The van der Waals surface area contributed by atoms with Crippen LogP contribution in [0.25, 0.3) is 44.2 Å². The number of sulfone groups is 1. The molecule has 1 aliphatic rings. The van der Waals surface area contributed by atoms with Gasteiger partial charge in [-0.25, -0.2) is 8.42 Å². The predicted molar refractivity (Wildman–Crippen MR) is 118 cm³/mol. The van der Waals surface area contributed by atoms with Crippen LogP contribution in [0.5, 0.6) is 0 Å². The summed E-state index contributed by atoms with van der Waals surface area (Å²) < 4.78 is 32.9. The number of hydrogen-bond acceptors (Lipinski definition) is 3. The van der Waals surface area contributed by atoms with Crippen molar-refractivity contribution in [1.82, 2.24) is 0 Å². The van der Waals surface area contributed by atoms with Crippen LogP contribution in [0.3, 0.4) is 0 Å². The van der Waals surface area contributed by atoms with Crippen LogP contribution < -0.4 is 0 Å². The molecule has 0 saturated heterocycles. The van der Waals surface area contributed by atoms with Gasteiger partial charge in [0, 0.05) is 26.4 Å². The summed E-state index contributed by atoms with van der Waals surface area (Å²) in [6.45, 7) is 0. The zero-order valence-corrected chi connectivity index (χ0v) is 17.4. The summed E-state index contributed by atoms with van der Waals surface area (Å²) >= 11 is 3.38. The highest BCUT2D eigenvalue weighted by Gasteiger charge is 2.33. The lowest BCUT2D eigenvalue weighted by atomic mass is 9.99. The maximum Gasteiger partial charge on any atom is 0.207 e. The molecule has 2 heterocycles. The third-order valence-electron chi connectivity index (χ3n) is 5.51. The first kappa shape index (κ1) is 17.0. The van der Waals surface area contributed by atoms with Gasteiger partial charge in [-0.2, -0.15) is 0 Å².